The molecule has 8 N–H and O–H groups in total. The highest BCUT2D eigenvalue weighted by atomic mass is 35.5. The first kappa shape index (κ1) is 30.4. The van der Waals surface area contributed by atoms with Gasteiger partial charge in [-0.15, -0.1) is 0 Å². The Bertz CT molecular complexity index is 1380. The minimum absolute atomic E-state index is 0.00198. The molecular weight excluding hydrogens is 559 g/mol. The van der Waals surface area contributed by atoms with Gasteiger partial charge in [0.25, 0.3) is 11.8 Å². The molecular formula is C27H28Cl2N6O5. The summed E-state index contributed by atoms with van der Waals surface area (Å²) in [4.78, 5) is 41.7. The van der Waals surface area contributed by atoms with Crippen LogP contribution >= 0.6 is 23.2 Å². The van der Waals surface area contributed by atoms with Gasteiger partial charge in [-0.2, -0.15) is 0 Å². The average molecular weight is 587 g/mol. The average Bonchev–Trinajstić information content (AvgIpc) is 2.93. The van der Waals surface area contributed by atoms with Crippen LogP contribution in [0.4, 0.5) is 5.69 Å². The first-order valence-electron chi connectivity index (χ1n) is 11.9. The second-order valence-electron chi connectivity index (χ2n) is 8.46. The van der Waals surface area contributed by atoms with Crippen molar-refractivity contribution in [1.82, 2.24) is 16.0 Å². The number of aliphatic hydroxyl groups excluding tert-OH is 1. The molecule has 11 nitrogen and oxygen atoms in total. The van der Waals surface area contributed by atoms with Crippen LogP contribution in [-0.2, 0) is 9.53 Å². The Morgan fingerprint density at radius 2 is 1.60 bits per heavy atom. The van der Waals surface area contributed by atoms with Crippen molar-refractivity contribution in [2.24, 2.45) is 16.5 Å². The van der Waals surface area contributed by atoms with Crippen molar-refractivity contribution in [3.05, 3.63) is 87.9 Å². The fourth-order valence-electron chi connectivity index (χ4n) is 3.63. The van der Waals surface area contributed by atoms with E-state index in [0.29, 0.717) is 5.69 Å². The molecule has 0 spiro atoms. The Kier molecular flexibility index (Phi) is 10.9. The van der Waals surface area contributed by atoms with E-state index in [1.54, 1.807) is 24.3 Å². The van der Waals surface area contributed by atoms with Crippen LogP contribution in [0.25, 0.3) is 11.1 Å². The van der Waals surface area contributed by atoms with Crippen LogP contribution in [-0.4, -0.2) is 61.3 Å². The van der Waals surface area contributed by atoms with Gasteiger partial charge in [0.15, 0.2) is 12.2 Å². The molecule has 40 heavy (non-hydrogen) atoms. The van der Waals surface area contributed by atoms with E-state index < -0.39 is 30.1 Å². The Morgan fingerprint density at radius 1 is 0.925 bits per heavy atom. The molecule has 0 aliphatic carbocycles. The summed E-state index contributed by atoms with van der Waals surface area (Å²) in [7, 11) is 1.23. The minimum Gasteiger partial charge on any atom is -0.370 e. The largest absolute Gasteiger partial charge is 0.370 e. The van der Waals surface area contributed by atoms with E-state index in [1.165, 1.54) is 19.2 Å². The molecule has 0 bridgehead atoms. The van der Waals surface area contributed by atoms with E-state index in [2.05, 4.69) is 20.9 Å². The maximum Gasteiger partial charge on any atom is 0.254 e. The zero-order valence-electron chi connectivity index (χ0n) is 21.4. The number of benzene rings is 3. The van der Waals surface area contributed by atoms with Gasteiger partial charge in [0.2, 0.25) is 5.91 Å². The maximum atomic E-state index is 13.0. The van der Waals surface area contributed by atoms with E-state index in [-0.39, 0.29) is 40.2 Å². The monoisotopic (exact) mass is 586 g/mol. The van der Waals surface area contributed by atoms with Gasteiger partial charge in [0.1, 0.15) is 0 Å². The lowest BCUT2D eigenvalue weighted by atomic mass is 10.0. The van der Waals surface area contributed by atoms with Gasteiger partial charge in [0.05, 0.1) is 33.9 Å². The predicted octanol–water partition coefficient (Wildman–Crippen LogP) is 2.17. The van der Waals surface area contributed by atoms with Crippen LogP contribution in [0.2, 0.25) is 10.0 Å². The van der Waals surface area contributed by atoms with Crippen molar-refractivity contribution >= 4 is 52.6 Å². The molecule has 3 aromatic carbocycles. The van der Waals surface area contributed by atoms with Gasteiger partial charge in [-0.3, -0.25) is 14.4 Å². The van der Waals surface area contributed by atoms with E-state index >= 15 is 0 Å². The summed E-state index contributed by atoms with van der Waals surface area (Å²) in [5, 5.41) is 18.0. The Morgan fingerprint density at radius 3 is 2.23 bits per heavy atom. The Hall–Kier alpha value is -4.16. The van der Waals surface area contributed by atoms with Crippen molar-refractivity contribution < 1.29 is 24.2 Å². The third-order valence-electron chi connectivity index (χ3n) is 5.57. The summed E-state index contributed by atoms with van der Waals surface area (Å²) in [5.74, 6) is -1.96. The molecule has 0 aliphatic rings. The van der Waals surface area contributed by atoms with Crippen molar-refractivity contribution in [3.63, 3.8) is 0 Å². The number of amides is 3. The predicted molar refractivity (Wildman–Crippen MR) is 153 cm³/mol. The summed E-state index contributed by atoms with van der Waals surface area (Å²) in [6.45, 7) is -0.611. The highest BCUT2D eigenvalue weighted by molar-refractivity contribution is 6.40. The molecule has 0 fully saturated rings. The van der Waals surface area contributed by atoms with Gasteiger partial charge in [0, 0.05) is 19.2 Å². The zero-order chi connectivity index (χ0) is 29.2. The van der Waals surface area contributed by atoms with Gasteiger partial charge >= 0.3 is 0 Å². The molecule has 0 heterocycles. The third kappa shape index (κ3) is 8.42. The number of carbonyl (C=O) groups is 3. The number of hydrogen-bond acceptors (Lipinski definition) is 6. The van der Waals surface area contributed by atoms with Gasteiger partial charge in [-0.05, 0) is 41.5 Å². The number of aliphatic imine (C=N–C) groups is 1. The number of rotatable bonds is 11. The molecule has 13 heteroatoms. The standard InChI is InChI=1S/C27H28Cl2N6O5/c1-40-26(39)21(13-32-22(36)14-33-24(37)16-8-5-9-18(10-16)34-27(30)31)35-25(38)23-19(28)11-17(12-20(23)29)15-6-3-2-4-7-15/h2-12,21,26,39H,13-14H2,1H3,(H,32,36)(H,33,37)(H,35,38)(H4,30,31,34)/t21-,26?/m0/s1. The van der Waals surface area contributed by atoms with Crippen molar-refractivity contribution in [3.8, 4) is 11.1 Å². The second kappa shape index (κ2) is 14.3. The number of hydrogen-bond donors (Lipinski definition) is 6. The lowest BCUT2D eigenvalue weighted by Gasteiger charge is -2.24. The number of aliphatic hydroxyl groups is 1. The van der Waals surface area contributed by atoms with Gasteiger partial charge < -0.3 is 37.3 Å². The number of guanidine groups is 1. The number of halogens is 2. The molecule has 2 atom stereocenters. The molecule has 3 aromatic rings. The quantitative estimate of drug-likeness (QED) is 0.113. The van der Waals surface area contributed by atoms with E-state index in [4.69, 9.17) is 39.4 Å². The third-order valence-corrected chi connectivity index (χ3v) is 6.17. The number of carbonyl (C=O) groups excluding carboxylic acids is 3. The molecule has 210 valence electrons. The van der Waals surface area contributed by atoms with E-state index in [0.717, 1.165) is 11.1 Å². The molecule has 3 amide bonds. The summed E-state index contributed by atoms with van der Waals surface area (Å²) in [6.07, 6.45) is -1.47. The highest BCUT2D eigenvalue weighted by Crippen LogP contribution is 2.32. The topological polar surface area (TPSA) is 181 Å². The molecule has 0 saturated carbocycles. The fraction of sp³-hybridized carbons (Fsp3) is 0.185. The number of nitrogens with one attached hydrogen (secondary N) is 3. The van der Waals surface area contributed by atoms with E-state index in [9.17, 15) is 19.5 Å². The fourth-order valence-corrected chi connectivity index (χ4v) is 4.29. The number of nitrogens with zero attached hydrogens (tertiary/aromatic N) is 1. The van der Waals surface area contributed by atoms with Crippen LogP contribution in [0.3, 0.4) is 0 Å². The van der Waals surface area contributed by atoms with Crippen molar-refractivity contribution in [1.29, 1.82) is 0 Å². The van der Waals surface area contributed by atoms with Crippen LogP contribution in [0.1, 0.15) is 20.7 Å². The number of methoxy groups -OCH3 is 1. The highest BCUT2D eigenvalue weighted by Gasteiger charge is 2.25. The van der Waals surface area contributed by atoms with Gasteiger partial charge in [-0.1, -0.05) is 59.6 Å². The summed E-state index contributed by atoms with van der Waals surface area (Å²) in [6, 6.07) is 17.7. The van der Waals surface area contributed by atoms with Gasteiger partial charge in [-0.25, -0.2) is 4.99 Å². The number of ether oxygens (including phenoxy) is 1. The van der Waals surface area contributed by atoms with Crippen LogP contribution in [0, 0.1) is 0 Å². The minimum atomic E-state index is -1.47. The Labute approximate surface area is 240 Å². The summed E-state index contributed by atoms with van der Waals surface area (Å²) < 4.78 is 4.94. The molecule has 1 unspecified atom stereocenters. The van der Waals surface area contributed by atoms with Crippen LogP contribution < -0.4 is 27.4 Å². The molecule has 0 radical (unpaired) electrons. The van der Waals surface area contributed by atoms with E-state index in [1.807, 2.05) is 30.3 Å². The molecule has 3 rings (SSSR count). The maximum absolute atomic E-state index is 13.0. The molecule has 0 saturated heterocycles. The lowest BCUT2D eigenvalue weighted by molar-refractivity contribution is -0.121. The number of nitrogens with two attached hydrogens (primary N) is 2. The smallest absolute Gasteiger partial charge is 0.254 e. The first-order valence-corrected chi connectivity index (χ1v) is 12.7. The molecule has 0 aliphatic heterocycles. The second-order valence-corrected chi connectivity index (χ2v) is 9.28. The SMILES string of the molecule is COC(O)[C@H](CNC(=O)CNC(=O)c1cccc(N=C(N)N)c1)NC(=O)c1c(Cl)cc(-c2ccccc2)cc1Cl. The van der Waals surface area contributed by atoms with Crippen LogP contribution in [0.5, 0.6) is 0 Å². The first-order chi connectivity index (χ1) is 19.1. The molecule has 0 aromatic heterocycles. The lowest BCUT2D eigenvalue weighted by Crippen LogP contribution is -2.52. The summed E-state index contributed by atoms with van der Waals surface area (Å²) in [5.41, 5.74) is 12.9. The van der Waals surface area contributed by atoms with Crippen molar-refractivity contribution in [2.45, 2.75) is 12.3 Å². The Balaban J connectivity index is 1.61. The zero-order valence-corrected chi connectivity index (χ0v) is 22.9. The normalized spacial score (nSPS) is 12.1. The van der Waals surface area contributed by atoms with Crippen LogP contribution in [0.15, 0.2) is 71.7 Å². The van der Waals surface area contributed by atoms with Crippen molar-refractivity contribution in [2.75, 3.05) is 20.2 Å². The summed E-state index contributed by atoms with van der Waals surface area (Å²) >= 11 is 12.8.